The van der Waals surface area contributed by atoms with Crippen LogP contribution >= 0.6 is 22.9 Å². The van der Waals surface area contributed by atoms with Gasteiger partial charge in [0.15, 0.2) is 20.6 Å². The van der Waals surface area contributed by atoms with Crippen LogP contribution in [-0.4, -0.2) is 23.7 Å². The fourth-order valence-electron chi connectivity index (χ4n) is 3.79. The first kappa shape index (κ1) is 20.4. The first-order valence-corrected chi connectivity index (χ1v) is 12.5. The second kappa shape index (κ2) is 7.74. The molecule has 1 aliphatic carbocycles. The molecule has 2 aromatic heterocycles. The van der Waals surface area contributed by atoms with Gasteiger partial charge in [0.25, 0.3) is 5.56 Å². The third-order valence-electron chi connectivity index (χ3n) is 5.41. The maximum absolute atomic E-state index is 12.7. The molecule has 0 unspecified atom stereocenters. The van der Waals surface area contributed by atoms with E-state index in [1.165, 1.54) is 11.3 Å². The lowest BCUT2D eigenvalue weighted by atomic mass is 10.2. The number of aromatic nitrogens is 2. The molecule has 0 bridgehead atoms. The van der Waals surface area contributed by atoms with Gasteiger partial charge in [-0.05, 0) is 49.6 Å². The van der Waals surface area contributed by atoms with E-state index in [1.807, 2.05) is 6.92 Å². The van der Waals surface area contributed by atoms with Crippen molar-refractivity contribution in [2.75, 3.05) is 11.1 Å². The van der Waals surface area contributed by atoms with Crippen molar-refractivity contribution in [3.8, 4) is 0 Å². The summed E-state index contributed by atoms with van der Waals surface area (Å²) in [6, 6.07) is 6.84. The van der Waals surface area contributed by atoms with Crippen LogP contribution in [0.1, 0.15) is 44.2 Å². The molecule has 2 heterocycles. The summed E-state index contributed by atoms with van der Waals surface area (Å²) in [5.41, 5.74) is 2.06. The minimum absolute atomic E-state index is 0.0660. The standard InChI is InChI=1S/C20H22ClN3O3S2/c1-3-29(26,27)14-8-9-16(12(2)10-14)22-20-23-18-17(28-20)11-15(21)19(25)24(18)13-6-4-5-7-13/h8-11,13H,3-7H2,1-2H3,(H,22,23). The second-order valence-electron chi connectivity index (χ2n) is 7.32. The van der Waals surface area contributed by atoms with E-state index in [0.29, 0.717) is 15.7 Å². The third-order valence-corrected chi connectivity index (χ3v) is 8.32. The maximum Gasteiger partial charge on any atom is 0.271 e. The SMILES string of the molecule is CCS(=O)(=O)c1ccc(Nc2nc3c(cc(Cl)c(=O)n3C3CCCC3)s2)c(C)c1. The summed E-state index contributed by atoms with van der Waals surface area (Å²) < 4.78 is 26.8. The highest BCUT2D eigenvalue weighted by molar-refractivity contribution is 7.91. The Bertz CT molecular complexity index is 1240. The van der Waals surface area contributed by atoms with E-state index >= 15 is 0 Å². The number of nitrogens with one attached hydrogen (secondary N) is 1. The molecule has 0 aliphatic heterocycles. The molecule has 0 saturated heterocycles. The van der Waals surface area contributed by atoms with Gasteiger partial charge in [0.05, 0.1) is 15.3 Å². The Hall–Kier alpha value is -1.90. The molecule has 3 aromatic rings. The first-order valence-electron chi connectivity index (χ1n) is 9.62. The summed E-state index contributed by atoms with van der Waals surface area (Å²) >= 11 is 7.63. The van der Waals surface area contributed by atoms with Crippen LogP contribution in [0, 0.1) is 6.92 Å². The van der Waals surface area contributed by atoms with Crippen LogP contribution in [-0.2, 0) is 9.84 Å². The van der Waals surface area contributed by atoms with E-state index in [0.717, 1.165) is 41.6 Å². The zero-order chi connectivity index (χ0) is 20.8. The predicted molar refractivity (Wildman–Crippen MR) is 119 cm³/mol. The molecule has 9 heteroatoms. The van der Waals surface area contributed by atoms with Crippen LogP contribution < -0.4 is 10.9 Å². The molecule has 1 aromatic carbocycles. The molecule has 1 fully saturated rings. The summed E-state index contributed by atoms with van der Waals surface area (Å²) in [7, 11) is -3.25. The number of hydrogen-bond donors (Lipinski definition) is 1. The van der Waals surface area contributed by atoms with Crippen molar-refractivity contribution in [2.24, 2.45) is 0 Å². The van der Waals surface area contributed by atoms with Crippen LogP contribution in [0.5, 0.6) is 0 Å². The molecule has 4 rings (SSSR count). The smallest absolute Gasteiger partial charge is 0.271 e. The highest BCUT2D eigenvalue weighted by Crippen LogP contribution is 2.35. The van der Waals surface area contributed by atoms with E-state index < -0.39 is 9.84 Å². The van der Waals surface area contributed by atoms with Gasteiger partial charge in [-0.2, -0.15) is 0 Å². The van der Waals surface area contributed by atoms with Gasteiger partial charge in [0.1, 0.15) is 5.02 Å². The van der Waals surface area contributed by atoms with Gasteiger partial charge in [0, 0.05) is 11.7 Å². The Kier molecular flexibility index (Phi) is 5.44. The molecular weight excluding hydrogens is 430 g/mol. The largest absolute Gasteiger partial charge is 0.331 e. The Morgan fingerprint density at radius 1 is 1.28 bits per heavy atom. The van der Waals surface area contributed by atoms with Crippen molar-refractivity contribution < 1.29 is 8.42 Å². The number of rotatable bonds is 5. The second-order valence-corrected chi connectivity index (χ2v) is 11.0. The van der Waals surface area contributed by atoms with Crippen molar-refractivity contribution in [2.45, 2.75) is 50.5 Å². The van der Waals surface area contributed by atoms with E-state index in [4.69, 9.17) is 11.6 Å². The van der Waals surface area contributed by atoms with Crippen molar-refractivity contribution in [1.29, 1.82) is 0 Å². The Balaban J connectivity index is 1.73. The van der Waals surface area contributed by atoms with Gasteiger partial charge >= 0.3 is 0 Å². The van der Waals surface area contributed by atoms with Crippen LogP contribution in [0.2, 0.25) is 5.02 Å². The van der Waals surface area contributed by atoms with Gasteiger partial charge in [-0.15, -0.1) is 0 Å². The number of thiazole rings is 1. The predicted octanol–water partition coefficient (Wildman–Crippen LogP) is 5.07. The van der Waals surface area contributed by atoms with E-state index in [-0.39, 0.29) is 22.4 Å². The third kappa shape index (κ3) is 3.81. The van der Waals surface area contributed by atoms with Crippen molar-refractivity contribution in [3.63, 3.8) is 0 Å². The average molecular weight is 452 g/mol. The number of benzene rings is 1. The first-order chi connectivity index (χ1) is 13.8. The molecular formula is C20H22ClN3O3S2. The van der Waals surface area contributed by atoms with Crippen molar-refractivity contribution >= 4 is 53.9 Å². The topological polar surface area (TPSA) is 81.1 Å². The quantitative estimate of drug-likeness (QED) is 0.585. The molecule has 0 atom stereocenters. The zero-order valence-electron chi connectivity index (χ0n) is 16.2. The molecule has 0 spiro atoms. The molecule has 154 valence electrons. The average Bonchev–Trinajstić information content (AvgIpc) is 3.34. The number of nitrogens with zero attached hydrogens (tertiary/aromatic N) is 2. The van der Waals surface area contributed by atoms with Gasteiger partial charge in [0.2, 0.25) is 0 Å². The van der Waals surface area contributed by atoms with Gasteiger partial charge in [-0.1, -0.05) is 42.7 Å². The van der Waals surface area contributed by atoms with Gasteiger partial charge in [-0.3, -0.25) is 9.36 Å². The fourth-order valence-corrected chi connectivity index (χ4v) is 5.93. The zero-order valence-corrected chi connectivity index (χ0v) is 18.6. The molecule has 0 radical (unpaired) electrons. The van der Waals surface area contributed by atoms with Crippen LogP contribution in [0.3, 0.4) is 0 Å². The minimum Gasteiger partial charge on any atom is -0.331 e. The Morgan fingerprint density at radius 3 is 2.66 bits per heavy atom. The summed E-state index contributed by atoms with van der Waals surface area (Å²) in [6.45, 7) is 3.49. The number of anilines is 2. The van der Waals surface area contributed by atoms with Crippen LogP contribution in [0.4, 0.5) is 10.8 Å². The minimum atomic E-state index is -3.25. The van der Waals surface area contributed by atoms with Crippen molar-refractivity contribution in [1.82, 2.24) is 9.55 Å². The van der Waals surface area contributed by atoms with E-state index in [9.17, 15) is 13.2 Å². The monoisotopic (exact) mass is 451 g/mol. The molecule has 29 heavy (non-hydrogen) atoms. The summed E-state index contributed by atoms with van der Waals surface area (Å²) in [6.07, 6.45) is 4.13. The summed E-state index contributed by atoms with van der Waals surface area (Å²) in [5.74, 6) is 0.0660. The number of fused-ring (bicyclic) bond motifs is 1. The van der Waals surface area contributed by atoms with E-state index in [2.05, 4.69) is 10.3 Å². The lowest BCUT2D eigenvalue weighted by molar-refractivity contribution is 0.517. The summed E-state index contributed by atoms with van der Waals surface area (Å²) in [5, 5.41) is 4.12. The number of hydrogen-bond acceptors (Lipinski definition) is 6. The number of sulfone groups is 1. The summed E-state index contributed by atoms with van der Waals surface area (Å²) in [4.78, 5) is 17.7. The highest BCUT2D eigenvalue weighted by atomic mass is 35.5. The number of aryl methyl sites for hydroxylation is 1. The van der Waals surface area contributed by atoms with Crippen molar-refractivity contribution in [3.05, 3.63) is 45.2 Å². The molecule has 6 nitrogen and oxygen atoms in total. The lowest BCUT2D eigenvalue weighted by Gasteiger charge is -2.14. The van der Waals surface area contributed by atoms with Crippen LogP contribution in [0.15, 0.2) is 34.0 Å². The normalized spacial score (nSPS) is 15.3. The number of halogens is 1. The number of pyridine rings is 1. The molecule has 1 saturated carbocycles. The Morgan fingerprint density at radius 2 is 2.00 bits per heavy atom. The maximum atomic E-state index is 12.7. The molecule has 1 N–H and O–H groups in total. The highest BCUT2D eigenvalue weighted by Gasteiger charge is 2.23. The van der Waals surface area contributed by atoms with Gasteiger partial charge < -0.3 is 5.32 Å². The Labute approximate surface area is 178 Å². The molecule has 0 amide bonds. The lowest BCUT2D eigenvalue weighted by Crippen LogP contribution is -2.24. The van der Waals surface area contributed by atoms with Gasteiger partial charge in [-0.25, -0.2) is 13.4 Å². The molecule has 1 aliphatic rings. The van der Waals surface area contributed by atoms with E-state index in [1.54, 1.807) is 35.8 Å². The fraction of sp³-hybridized carbons (Fsp3) is 0.400. The van der Waals surface area contributed by atoms with Crippen LogP contribution in [0.25, 0.3) is 10.3 Å².